The number of halogens is 5. The van der Waals surface area contributed by atoms with Crippen LogP contribution in [0.4, 0.5) is 27.6 Å². The fourth-order valence-electron chi connectivity index (χ4n) is 2.01. The number of hydrogen-bond acceptors (Lipinski definition) is 1. The summed E-state index contributed by atoms with van der Waals surface area (Å²) in [5.41, 5.74) is -0.923. The molecule has 0 saturated heterocycles. The van der Waals surface area contributed by atoms with E-state index in [9.17, 15) is 22.0 Å². The lowest BCUT2D eigenvalue weighted by Gasteiger charge is -2.15. The van der Waals surface area contributed by atoms with Gasteiger partial charge in [-0.1, -0.05) is 12.8 Å². The molecule has 0 atom stereocenters. The predicted molar refractivity (Wildman–Crippen MR) is 52.1 cm³/mol. The number of nitrogens with one attached hydrogen (secondary N) is 1. The van der Waals surface area contributed by atoms with Crippen LogP contribution in [0.2, 0.25) is 0 Å². The van der Waals surface area contributed by atoms with Gasteiger partial charge in [-0.05, 0) is 12.8 Å². The summed E-state index contributed by atoms with van der Waals surface area (Å²) in [4.78, 5) is 0. The molecule has 0 amide bonds. The second-order valence-electron chi connectivity index (χ2n) is 4.07. The van der Waals surface area contributed by atoms with Crippen molar-refractivity contribution in [2.75, 3.05) is 5.32 Å². The first-order chi connectivity index (χ1) is 8.02. The highest BCUT2D eigenvalue weighted by molar-refractivity contribution is 5.48. The van der Waals surface area contributed by atoms with Crippen LogP contribution in [0.1, 0.15) is 25.7 Å². The Morgan fingerprint density at radius 2 is 1.12 bits per heavy atom. The standard InChI is InChI=1S/C11H10F5N/c12-6-7(13)9(15)11(10(16)8(6)14)17-5-3-1-2-4-5/h5,17H,1-4H2. The van der Waals surface area contributed by atoms with Crippen molar-refractivity contribution in [2.24, 2.45) is 0 Å². The van der Waals surface area contributed by atoms with Crippen LogP contribution in [0.25, 0.3) is 0 Å². The molecule has 0 aliphatic heterocycles. The molecule has 1 saturated carbocycles. The van der Waals surface area contributed by atoms with Gasteiger partial charge in [0.15, 0.2) is 23.3 Å². The van der Waals surface area contributed by atoms with Gasteiger partial charge in [0.25, 0.3) is 0 Å². The summed E-state index contributed by atoms with van der Waals surface area (Å²) >= 11 is 0. The van der Waals surface area contributed by atoms with Gasteiger partial charge in [-0.15, -0.1) is 0 Å². The molecular formula is C11H10F5N. The van der Waals surface area contributed by atoms with Gasteiger partial charge < -0.3 is 5.32 Å². The highest BCUT2D eigenvalue weighted by Gasteiger charge is 2.27. The SMILES string of the molecule is Fc1c(F)c(F)c(NC2CCCC2)c(F)c1F. The van der Waals surface area contributed by atoms with Crippen molar-refractivity contribution in [2.45, 2.75) is 31.7 Å². The van der Waals surface area contributed by atoms with Gasteiger partial charge in [0.05, 0.1) is 0 Å². The smallest absolute Gasteiger partial charge is 0.200 e. The zero-order chi connectivity index (χ0) is 12.6. The Morgan fingerprint density at radius 3 is 1.59 bits per heavy atom. The second kappa shape index (κ2) is 4.50. The molecule has 2 rings (SSSR count). The molecule has 0 bridgehead atoms. The topological polar surface area (TPSA) is 12.0 Å². The summed E-state index contributed by atoms with van der Waals surface area (Å²) in [5, 5.41) is 2.39. The van der Waals surface area contributed by atoms with Crippen LogP contribution >= 0.6 is 0 Å². The van der Waals surface area contributed by atoms with Crippen molar-refractivity contribution < 1.29 is 22.0 Å². The molecule has 0 unspecified atom stereocenters. The summed E-state index contributed by atoms with van der Waals surface area (Å²) in [6, 6.07) is -0.233. The maximum Gasteiger partial charge on any atom is 0.200 e. The monoisotopic (exact) mass is 251 g/mol. The predicted octanol–water partition coefficient (Wildman–Crippen LogP) is 3.74. The van der Waals surface area contributed by atoms with Crippen LogP contribution in [0, 0.1) is 29.1 Å². The van der Waals surface area contributed by atoms with Gasteiger partial charge in [0.1, 0.15) is 5.69 Å². The van der Waals surface area contributed by atoms with Crippen LogP contribution in [0.3, 0.4) is 0 Å². The molecule has 1 aromatic rings. The Morgan fingerprint density at radius 1 is 0.706 bits per heavy atom. The summed E-state index contributed by atoms with van der Waals surface area (Å²) in [7, 11) is 0. The van der Waals surface area contributed by atoms with Gasteiger partial charge in [-0.3, -0.25) is 0 Å². The second-order valence-corrected chi connectivity index (χ2v) is 4.07. The summed E-state index contributed by atoms with van der Waals surface area (Å²) < 4.78 is 65.1. The highest BCUT2D eigenvalue weighted by Crippen LogP contribution is 2.30. The van der Waals surface area contributed by atoms with Gasteiger partial charge in [0, 0.05) is 6.04 Å². The van der Waals surface area contributed by atoms with Crippen molar-refractivity contribution in [1.29, 1.82) is 0 Å². The highest BCUT2D eigenvalue weighted by atomic mass is 19.2. The van der Waals surface area contributed by atoms with E-state index in [0.717, 1.165) is 12.8 Å². The van der Waals surface area contributed by atoms with E-state index in [4.69, 9.17) is 0 Å². The fraction of sp³-hybridized carbons (Fsp3) is 0.455. The lowest BCUT2D eigenvalue weighted by atomic mass is 10.2. The fourth-order valence-corrected chi connectivity index (χ4v) is 2.01. The minimum atomic E-state index is -2.13. The third-order valence-corrected chi connectivity index (χ3v) is 2.91. The number of anilines is 1. The number of hydrogen-bond donors (Lipinski definition) is 1. The zero-order valence-corrected chi connectivity index (χ0v) is 8.80. The molecule has 1 aromatic carbocycles. The van der Waals surface area contributed by atoms with E-state index in [1.807, 2.05) is 0 Å². The third kappa shape index (κ3) is 2.08. The van der Waals surface area contributed by atoms with E-state index < -0.39 is 34.8 Å². The molecule has 1 nitrogen and oxygen atoms in total. The Labute approximate surface area is 94.6 Å². The lowest BCUT2D eigenvalue weighted by Crippen LogP contribution is -2.18. The molecular weight excluding hydrogens is 241 g/mol. The maximum atomic E-state index is 13.3. The first-order valence-electron chi connectivity index (χ1n) is 5.30. The van der Waals surface area contributed by atoms with Crippen molar-refractivity contribution in [1.82, 2.24) is 0 Å². The Hall–Kier alpha value is -1.33. The van der Waals surface area contributed by atoms with Crippen LogP contribution < -0.4 is 5.32 Å². The van der Waals surface area contributed by atoms with Gasteiger partial charge >= 0.3 is 0 Å². The molecule has 1 aliphatic rings. The lowest BCUT2D eigenvalue weighted by molar-refractivity contribution is 0.380. The largest absolute Gasteiger partial charge is 0.377 e. The quantitative estimate of drug-likeness (QED) is 0.479. The Balaban J connectivity index is 2.38. The Bertz CT molecular complexity index is 411. The van der Waals surface area contributed by atoms with E-state index >= 15 is 0 Å². The van der Waals surface area contributed by atoms with Crippen LogP contribution in [0.15, 0.2) is 0 Å². The first-order valence-corrected chi connectivity index (χ1v) is 5.30. The minimum Gasteiger partial charge on any atom is -0.377 e. The molecule has 0 aromatic heterocycles. The molecule has 6 heteroatoms. The number of benzene rings is 1. The molecule has 0 spiro atoms. The summed E-state index contributed by atoms with van der Waals surface area (Å²) in [5.74, 6) is -9.55. The van der Waals surface area contributed by atoms with Crippen molar-refractivity contribution in [3.05, 3.63) is 29.1 Å². The summed E-state index contributed by atoms with van der Waals surface area (Å²) in [6.07, 6.45) is 3.10. The van der Waals surface area contributed by atoms with E-state index in [-0.39, 0.29) is 6.04 Å². The van der Waals surface area contributed by atoms with Crippen molar-refractivity contribution in [3.63, 3.8) is 0 Å². The molecule has 1 aliphatic carbocycles. The normalized spacial score (nSPS) is 16.5. The van der Waals surface area contributed by atoms with Gasteiger partial charge in [-0.25, -0.2) is 22.0 Å². The molecule has 94 valence electrons. The zero-order valence-electron chi connectivity index (χ0n) is 8.80. The van der Waals surface area contributed by atoms with Crippen molar-refractivity contribution in [3.8, 4) is 0 Å². The van der Waals surface area contributed by atoms with Crippen molar-refractivity contribution >= 4 is 5.69 Å². The molecule has 0 radical (unpaired) electrons. The average Bonchev–Trinajstić information content (AvgIpc) is 2.82. The van der Waals surface area contributed by atoms with Crippen LogP contribution in [0.5, 0.6) is 0 Å². The minimum absolute atomic E-state index is 0.233. The summed E-state index contributed by atoms with van der Waals surface area (Å²) in [6.45, 7) is 0. The van der Waals surface area contributed by atoms with Crippen LogP contribution in [-0.4, -0.2) is 6.04 Å². The van der Waals surface area contributed by atoms with E-state index in [1.54, 1.807) is 0 Å². The van der Waals surface area contributed by atoms with E-state index in [1.165, 1.54) is 0 Å². The first kappa shape index (κ1) is 12.1. The molecule has 1 N–H and O–H groups in total. The molecule has 0 heterocycles. The van der Waals surface area contributed by atoms with Gasteiger partial charge in [0.2, 0.25) is 5.82 Å². The molecule has 17 heavy (non-hydrogen) atoms. The van der Waals surface area contributed by atoms with Gasteiger partial charge in [-0.2, -0.15) is 0 Å². The van der Waals surface area contributed by atoms with Crippen LogP contribution in [-0.2, 0) is 0 Å². The van der Waals surface area contributed by atoms with E-state index in [2.05, 4.69) is 5.32 Å². The third-order valence-electron chi connectivity index (χ3n) is 2.91. The van der Waals surface area contributed by atoms with E-state index in [0.29, 0.717) is 12.8 Å². The average molecular weight is 251 g/mol. The molecule has 1 fully saturated rings. The Kier molecular flexibility index (Phi) is 3.22. The maximum absolute atomic E-state index is 13.3. The number of rotatable bonds is 2.